The summed E-state index contributed by atoms with van der Waals surface area (Å²) >= 11 is 1.46. The van der Waals surface area contributed by atoms with Gasteiger partial charge in [-0.3, -0.25) is 9.36 Å². The average molecular weight is 348 g/mol. The number of fused-ring (bicyclic) bond motifs is 1. The molecule has 1 N–H and O–H groups in total. The lowest BCUT2D eigenvalue weighted by atomic mass is 10.2. The fourth-order valence-electron chi connectivity index (χ4n) is 2.67. The Labute approximate surface area is 149 Å². The van der Waals surface area contributed by atoms with Gasteiger partial charge in [-0.2, -0.15) is 0 Å². The second-order valence-electron chi connectivity index (χ2n) is 5.74. The van der Waals surface area contributed by atoms with Crippen LogP contribution in [0.25, 0.3) is 16.9 Å². The lowest BCUT2D eigenvalue weighted by molar-refractivity contribution is 0.0954. The normalized spacial score (nSPS) is 10.9. The molecule has 0 atom stereocenters. The summed E-state index contributed by atoms with van der Waals surface area (Å²) in [4.78, 5) is 21.8. The molecule has 0 fully saturated rings. The van der Waals surface area contributed by atoms with E-state index in [4.69, 9.17) is 0 Å². The number of thiophene rings is 1. The molecule has 1 amide bonds. The zero-order valence-corrected chi connectivity index (χ0v) is 14.5. The van der Waals surface area contributed by atoms with Crippen molar-refractivity contribution in [2.75, 3.05) is 0 Å². The van der Waals surface area contributed by atoms with E-state index >= 15 is 0 Å². The van der Waals surface area contributed by atoms with Crippen LogP contribution in [0, 0.1) is 6.92 Å². The van der Waals surface area contributed by atoms with Crippen molar-refractivity contribution in [1.82, 2.24) is 19.9 Å². The van der Waals surface area contributed by atoms with Crippen LogP contribution >= 0.6 is 11.3 Å². The Balaban J connectivity index is 1.49. The number of nitrogens with one attached hydrogen (secondary N) is 1. The highest BCUT2D eigenvalue weighted by Crippen LogP contribution is 2.17. The third-order valence-electron chi connectivity index (χ3n) is 4.03. The minimum Gasteiger partial charge on any atom is -0.347 e. The molecular weight excluding hydrogens is 332 g/mol. The van der Waals surface area contributed by atoms with E-state index in [0.717, 1.165) is 32.9 Å². The molecule has 3 heterocycles. The fraction of sp³-hybridized carbons (Fsp3) is 0.105. The van der Waals surface area contributed by atoms with Gasteiger partial charge in [-0.1, -0.05) is 18.2 Å². The highest BCUT2D eigenvalue weighted by atomic mass is 32.1. The fourth-order valence-corrected chi connectivity index (χ4v) is 3.51. The SMILES string of the molecule is Cc1ccsc1C(=O)NCc1ccc(-n2cnc3ccccc32)nc1. The maximum atomic E-state index is 12.2. The van der Waals surface area contributed by atoms with Gasteiger partial charge in [0, 0.05) is 12.7 Å². The van der Waals surface area contributed by atoms with Crippen LogP contribution in [-0.4, -0.2) is 20.4 Å². The number of para-hydroxylation sites is 2. The number of rotatable bonds is 4. The number of amides is 1. The van der Waals surface area contributed by atoms with E-state index in [2.05, 4.69) is 15.3 Å². The quantitative estimate of drug-likeness (QED) is 0.611. The third-order valence-corrected chi connectivity index (χ3v) is 5.05. The van der Waals surface area contributed by atoms with E-state index in [0.29, 0.717) is 6.54 Å². The van der Waals surface area contributed by atoms with E-state index in [1.165, 1.54) is 11.3 Å². The van der Waals surface area contributed by atoms with Crippen molar-refractivity contribution in [2.45, 2.75) is 13.5 Å². The second kappa shape index (κ2) is 6.49. The Morgan fingerprint density at radius 2 is 2.04 bits per heavy atom. The Morgan fingerprint density at radius 3 is 2.80 bits per heavy atom. The van der Waals surface area contributed by atoms with Gasteiger partial charge >= 0.3 is 0 Å². The van der Waals surface area contributed by atoms with Crippen LogP contribution in [0.1, 0.15) is 20.8 Å². The molecule has 0 radical (unpaired) electrons. The van der Waals surface area contributed by atoms with E-state index in [9.17, 15) is 4.79 Å². The largest absolute Gasteiger partial charge is 0.347 e. The van der Waals surface area contributed by atoms with E-state index in [-0.39, 0.29) is 5.91 Å². The topological polar surface area (TPSA) is 59.8 Å². The number of imidazole rings is 1. The summed E-state index contributed by atoms with van der Waals surface area (Å²) in [5, 5.41) is 4.86. The van der Waals surface area contributed by atoms with Crippen molar-refractivity contribution in [1.29, 1.82) is 0 Å². The van der Waals surface area contributed by atoms with Crippen molar-refractivity contribution in [3.8, 4) is 5.82 Å². The molecule has 4 aromatic rings. The summed E-state index contributed by atoms with van der Waals surface area (Å²) in [6, 6.07) is 13.8. The molecule has 0 unspecified atom stereocenters. The number of carbonyl (C=O) groups excluding carboxylic acids is 1. The zero-order chi connectivity index (χ0) is 17.2. The summed E-state index contributed by atoms with van der Waals surface area (Å²) in [6.45, 7) is 2.39. The van der Waals surface area contributed by atoms with Gasteiger partial charge in [0.15, 0.2) is 0 Å². The van der Waals surface area contributed by atoms with Crippen LogP contribution < -0.4 is 5.32 Å². The lowest BCUT2D eigenvalue weighted by Crippen LogP contribution is -2.22. The lowest BCUT2D eigenvalue weighted by Gasteiger charge is -2.07. The van der Waals surface area contributed by atoms with Crippen LogP contribution in [0.5, 0.6) is 0 Å². The highest BCUT2D eigenvalue weighted by molar-refractivity contribution is 7.12. The first-order chi connectivity index (χ1) is 12.2. The number of hydrogen-bond acceptors (Lipinski definition) is 4. The van der Waals surface area contributed by atoms with E-state index < -0.39 is 0 Å². The molecule has 0 bridgehead atoms. The maximum absolute atomic E-state index is 12.2. The second-order valence-corrected chi connectivity index (χ2v) is 6.66. The highest BCUT2D eigenvalue weighted by Gasteiger charge is 2.10. The number of pyridine rings is 1. The monoisotopic (exact) mass is 348 g/mol. The Bertz CT molecular complexity index is 1030. The molecule has 25 heavy (non-hydrogen) atoms. The zero-order valence-electron chi connectivity index (χ0n) is 13.6. The first-order valence-corrected chi connectivity index (χ1v) is 8.80. The molecule has 0 aliphatic carbocycles. The smallest absolute Gasteiger partial charge is 0.261 e. The Morgan fingerprint density at radius 1 is 1.16 bits per heavy atom. The van der Waals surface area contributed by atoms with Gasteiger partial charge in [0.05, 0.1) is 15.9 Å². The molecule has 124 valence electrons. The first kappa shape index (κ1) is 15.5. The standard InChI is InChI=1S/C19H16N4OS/c1-13-8-9-25-18(13)19(24)21-11-14-6-7-17(20-10-14)23-12-22-15-4-2-3-5-16(15)23/h2-10,12H,11H2,1H3,(H,21,24). The summed E-state index contributed by atoms with van der Waals surface area (Å²) in [7, 11) is 0. The van der Waals surface area contributed by atoms with Crippen LogP contribution in [0.4, 0.5) is 0 Å². The molecule has 6 heteroatoms. The van der Waals surface area contributed by atoms with Crippen LogP contribution in [0.2, 0.25) is 0 Å². The Kier molecular flexibility index (Phi) is 4.03. The van der Waals surface area contributed by atoms with Crippen molar-refractivity contribution in [2.24, 2.45) is 0 Å². The van der Waals surface area contributed by atoms with Crippen molar-refractivity contribution in [3.63, 3.8) is 0 Å². The number of hydrogen-bond donors (Lipinski definition) is 1. The number of aromatic nitrogens is 3. The van der Waals surface area contributed by atoms with E-state index in [1.807, 2.05) is 59.3 Å². The Hall–Kier alpha value is -2.99. The van der Waals surface area contributed by atoms with Crippen LogP contribution in [-0.2, 0) is 6.54 Å². The van der Waals surface area contributed by atoms with Gasteiger partial charge < -0.3 is 5.32 Å². The van der Waals surface area contributed by atoms with Crippen LogP contribution in [0.15, 0.2) is 60.4 Å². The molecule has 0 saturated heterocycles. The predicted molar refractivity (Wildman–Crippen MR) is 99.1 cm³/mol. The summed E-state index contributed by atoms with van der Waals surface area (Å²) in [5.41, 5.74) is 3.91. The molecule has 0 saturated carbocycles. The number of benzene rings is 1. The maximum Gasteiger partial charge on any atom is 0.261 e. The molecule has 1 aromatic carbocycles. The molecule has 3 aromatic heterocycles. The molecule has 0 aliphatic rings. The predicted octanol–water partition coefficient (Wildman–Crippen LogP) is 3.72. The molecular formula is C19H16N4OS. The molecule has 0 aliphatic heterocycles. The molecule has 0 spiro atoms. The number of nitrogens with zero attached hydrogens (tertiary/aromatic N) is 3. The van der Waals surface area contributed by atoms with Gasteiger partial charge in [-0.25, -0.2) is 9.97 Å². The summed E-state index contributed by atoms with van der Waals surface area (Å²) in [6.07, 6.45) is 3.56. The van der Waals surface area contributed by atoms with Gasteiger partial charge in [0.1, 0.15) is 12.1 Å². The summed E-state index contributed by atoms with van der Waals surface area (Å²) < 4.78 is 1.95. The van der Waals surface area contributed by atoms with Crippen molar-refractivity contribution >= 4 is 28.3 Å². The van der Waals surface area contributed by atoms with Gasteiger partial charge in [0.25, 0.3) is 5.91 Å². The third kappa shape index (κ3) is 3.04. The minimum atomic E-state index is -0.0443. The van der Waals surface area contributed by atoms with Crippen LogP contribution in [0.3, 0.4) is 0 Å². The average Bonchev–Trinajstić information content (AvgIpc) is 3.26. The molecule has 4 rings (SSSR count). The van der Waals surface area contributed by atoms with Gasteiger partial charge in [-0.15, -0.1) is 11.3 Å². The summed E-state index contributed by atoms with van der Waals surface area (Å²) in [5.74, 6) is 0.759. The number of carbonyl (C=O) groups is 1. The van der Waals surface area contributed by atoms with E-state index in [1.54, 1.807) is 12.5 Å². The molecule has 5 nitrogen and oxygen atoms in total. The van der Waals surface area contributed by atoms with Crippen molar-refractivity contribution < 1.29 is 4.79 Å². The minimum absolute atomic E-state index is 0.0443. The first-order valence-electron chi connectivity index (χ1n) is 7.92. The number of aryl methyl sites for hydroxylation is 1. The van der Waals surface area contributed by atoms with Gasteiger partial charge in [0.2, 0.25) is 0 Å². The van der Waals surface area contributed by atoms with Gasteiger partial charge in [-0.05, 0) is 47.7 Å². The van der Waals surface area contributed by atoms with Crippen molar-refractivity contribution in [3.05, 3.63) is 76.4 Å².